The summed E-state index contributed by atoms with van der Waals surface area (Å²) in [4.78, 5) is 5.41. The van der Waals surface area contributed by atoms with E-state index in [0.717, 1.165) is 36.1 Å². The highest BCUT2D eigenvalue weighted by molar-refractivity contribution is 5.46. The fraction of sp³-hybridized carbons (Fsp3) is 0.458. The minimum atomic E-state index is 0.324. The number of fused-ring (bicyclic) bond motifs is 3. The molecule has 3 atom stereocenters. The van der Waals surface area contributed by atoms with Gasteiger partial charge >= 0.3 is 0 Å². The molecule has 2 bridgehead atoms. The Morgan fingerprint density at radius 2 is 1.86 bits per heavy atom. The van der Waals surface area contributed by atoms with Gasteiger partial charge in [0.25, 0.3) is 0 Å². The highest BCUT2D eigenvalue weighted by atomic mass is 16.7. The van der Waals surface area contributed by atoms with E-state index in [-0.39, 0.29) is 0 Å². The second-order valence-corrected chi connectivity index (χ2v) is 8.82. The van der Waals surface area contributed by atoms with E-state index in [4.69, 9.17) is 9.47 Å². The maximum Gasteiger partial charge on any atom is 0.231 e. The van der Waals surface area contributed by atoms with Crippen LogP contribution >= 0.6 is 0 Å². The number of rotatable bonds is 3. The van der Waals surface area contributed by atoms with Crippen LogP contribution in [0.3, 0.4) is 0 Å². The third-order valence-electron chi connectivity index (χ3n) is 7.36. The van der Waals surface area contributed by atoms with Crippen LogP contribution in [0.4, 0.5) is 0 Å². The molecule has 0 spiro atoms. The second kappa shape index (κ2) is 6.76. The average Bonchev–Trinajstić information content (AvgIpc) is 3.40. The standard InChI is InChI=1S/C24H25N3O2/c25-12-16-2-1-3-17(10-16)13-27-14-20(19-4-5-21-22(11-19)29-15-28-21)24-23(27)18-6-8-26(24)9-7-18/h1-5,10-11,18,20,23-24H,6-9,13-15H2/t20-,23+,24+/m1/s1. The molecule has 5 aliphatic heterocycles. The Morgan fingerprint density at radius 1 is 1.00 bits per heavy atom. The van der Waals surface area contributed by atoms with Gasteiger partial charge in [-0.1, -0.05) is 18.2 Å². The van der Waals surface area contributed by atoms with E-state index in [1.54, 1.807) is 0 Å². The van der Waals surface area contributed by atoms with E-state index in [0.29, 0.717) is 24.8 Å². The van der Waals surface area contributed by atoms with Gasteiger partial charge in [0.15, 0.2) is 11.5 Å². The summed E-state index contributed by atoms with van der Waals surface area (Å²) in [6.07, 6.45) is 2.62. The number of piperidine rings is 3. The lowest BCUT2D eigenvalue weighted by atomic mass is 9.75. The Hall–Kier alpha value is -2.55. The number of ether oxygens (including phenoxy) is 2. The average molecular weight is 387 g/mol. The van der Waals surface area contributed by atoms with E-state index in [9.17, 15) is 5.26 Å². The molecule has 0 unspecified atom stereocenters. The molecule has 7 rings (SSSR count). The van der Waals surface area contributed by atoms with E-state index >= 15 is 0 Å². The molecule has 0 aliphatic carbocycles. The lowest BCUT2D eigenvalue weighted by Crippen LogP contribution is -2.59. The largest absolute Gasteiger partial charge is 0.454 e. The van der Waals surface area contributed by atoms with Crippen molar-refractivity contribution in [1.29, 1.82) is 5.26 Å². The number of likely N-dealkylation sites (tertiary alicyclic amines) is 1. The van der Waals surface area contributed by atoms with Gasteiger partial charge < -0.3 is 9.47 Å². The van der Waals surface area contributed by atoms with Gasteiger partial charge in [-0.2, -0.15) is 5.26 Å². The van der Waals surface area contributed by atoms with Crippen LogP contribution in [0, 0.1) is 17.2 Å². The zero-order valence-corrected chi connectivity index (χ0v) is 16.5. The summed E-state index contributed by atoms with van der Waals surface area (Å²) in [5.41, 5.74) is 3.36. The van der Waals surface area contributed by atoms with Gasteiger partial charge in [-0.25, -0.2) is 0 Å². The summed E-state index contributed by atoms with van der Waals surface area (Å²) >= 11 is 0. The minimum absolute atomic E-state index is 0.324. The molecule has 2 aromatic carbocycles. The van der Waals surface area contributed by atoms with Crippen molar-refractivity contribution in [1.82, 2.24) is 9.80 Å². The normalized spacial score (nSPS) is 32.2. The van der Waals surface area contributed by atoms with Crippen LogP contribution in [0.25, 0.3) is 0 Å². The van der Waals surface area contributed by atoms with Gasteiger partial charge in [0, 0.05) is 31.1 Å². The van der Waals surface area contributed by atoms with Crippen molar-refractivity contribution in [3.63, 3.8) is 0 Å². The monoisotopic (exact) mass is 387 g/mol. The maximum atomic E-state index is 9.27. The Balaban J connectivity index is 1.34. The van der Waals surface area contributed by atoms with Crippen LogP contribution in [0.5, 0.6) is 11.5 Å². The van der Waals surface area contributed by atoms with E-state index in [1.807, 2.05) is 18.2 Å². The van der Waals surface area contributed by atoms with Crippen molar-refractivity contribution >= 4 is 0 Å². The highest BCUT2D eigenvalue weighted by Crippen LogP contribution is 2.48. The number of nitriles is 1. The predicted molar refractivity (Wildman–Crippen MR) is 109 cm³/mol. The molecular weight excluding hydrogens is 362 g/mol. The third-order valence-corrected chi connectivity index (χ3v) is 7.36. The highest BCUT2D eigenvalue weighted by Gasteiger charge is 2.53. The van der Waals surface area contributed by atoms with Crippen molar-refractivity contribution in [2.24, 2.45) is 5.92 Å². The van der Waals surface area contributed by atoms with E-state index in [1.165, 1.54) is 37.1 Å². The smallest absolute Gasteiger partial charge is 0.231 e. The Labute approximate surface area is 171 Å². The predicted octanol–water partition coefficient (Wildman–Crippen LogP) is 3.35. The summed E-state index contributed by atoms with van der Waals surface area (Å²) in [7, 11) is 0. The van der Waals surface area contributed by atoms with Gasteiger partial charge in [-0.05, 0) is 67.2 Å². The molecule has 0 saturated carbocycles. The SMILES string of the molecule is N#Cc1cccc(CN2C[C@H](c3ccc4c(c3)OCO4)[C@H]3[C@@H]2C2CCN3CC2)c1. The Morgan fingerprint density at radius 3 is 2.72 bits per heavy atom. The van der Waals surface area contributed by atoms with Crippen LogP contribution in [0.1, 0.15) is 35.4 Å². The van der Waals surface area contributed by atoms with Crippen LogP contribution < -0.4 is 9.47 Å². The molecular formula is C24H25N3O2. The van der Waals surface area contributed by atoms with Crippen LogP contribution in [-0.4, -0.2) is 48.3 Å². The quantitative estimate of drug-likeness (QED) is 0.808. The fourth-order valence-electron chi connectivity index (χ4n) is 6.13. The molecule has 148 valence electrons. The molecule has 5 aliphatic rings. The van der Waals surface area contributed by atoms with E-state index in [2.05, 4.69) is 40.1 Å². The van der Waals surface area contributed by atoms with Gasteiger partial charge in [0.1, 0.15) is 0 Å². The first-order chi connectivity index (χ1) is 14.3. The molecule has 0 amide bonds. The molecule has 2 aromatic rings. The number of hydrogen-bond donors (Lipinski definition) is 0. The topological polar surface area (TPSA) is 48.7 Å². The minimum Gasteiger partial charge on any atom is -0.454 e. The first-order valence-corrected chi connectivity index (χ1v) is 10.7. The van der Waals surface area contributed by atoms with Crippen molar-refractivity contribution in [3.8, 4) is 17.6 Å². The van der Waals surface area contributed by atoms with Crippen LogP contribution in [0.2, 0.25) is 0 Å². The molecule has 29 heavy (non-hydrogen) atoms. The van der Waals surface area contributed by atoms with Gasteiger partial charge in [0.05, 0.1) is 11.6 Å². The first-order valence-electron chi connectivity index (χ1n) is 10.7. The lowest BCUT2D eigenvalue weighted by molar-refractivity contribution is -0.00869. The summed E-state index contributed by atoms with van der Waals surface area (Å²) in [6.45, 7) is 4.75. The van der Waals surface area contributed by atoms with E-state index < -0.39 is 0 Å². The van der Waals surface area contributed by atoms with Gasteiger partial charge in [0.2, 0.25) is 6.79 Å². The lowest BCUT2D eigenvalue weighted by Gasteiger charge is -2.51. The molecule has 0 radical (unpaired) electrons. The van der Waals surface area contributed by atoms with Crippen molar-refractivity contribution in [2.45, 2.75) is 37.4 Å². The maximum absolute atomic E-state index is 9.27. The third kappa shape index (κ3) is 2.82. The number of hydrogen-bond acceptors (Lipinski definition) is 5. The molecule has 5 nitrogen and oxygen atoms in total. The summed E-state index contributed by atoms with van der Waals surface area (Å²) in [5, 5.41) is 9.27. The number of nitrogens with zero attached hydrogens (tertiary/aromatic N) is 3. The van der Waals surface area contributed by atoms with Crippen molar-refractivity contribution < 1.29 is 9.47 Å². The van der Waals surface area contributed by atoms with Crippen LogP contribution in [0.15, 0.2) is 42.5 Å². The summed E-state index contributed by atoms with van der Waals surface area (Å²) in [5.74, 6) is 3.01. The summed E-state index contributed by atoms with van der Waals surface area (Å²) < 4.78 is 11.2. The van der Waals surface area contributed by atoms with Gasteiger partial charge in [-0.15, -0.1) is 0 Å². The van der Waals surface area contributed by atoms with Crippen LogP contribution in [-0.2, 0) is 6.54 Å². The van der Waals surface area contributed by atoms with Crippen molar-refractivity contribution in [3.05, 3.63) is 59.2 Å². The molecule has 4 fully saturated rings. The van der Waals surface area contributed by atoms with Crippen molar-refractivity contribution in [2.75, 3.05) is 26.4 Å². The second-order valence-electron chi connectivity index (χ2n) is 8.82. The Kier molecular flexibility index (Phi) is 4.04. The zero-order chi connectivity index (χ0) is 19.4. The number of benzene rings is 2. The van der Waals surface area contributed by atoms with Gasteiger partial charge in [-0.3, -0.25) is 9.80 Å². The zero-order valence-electron chi connectivity index (χ0n) is 16.5. The molecule has 5 heterocycles. The molecule has 0 aromatic heterocycles. The molecule has 5 heteroatoms. The first kappa shape index (κ1) is 17.3. The summed E-state index contributed by atoms with van der Waals surface area (Å²) in [6, 6.07) is 18.1. The Bertz CT molecular complexity index is 976. The molecule has 4 saturated heterocycles. The fourth-order valence-corrected chi connectivity index (χ4v) is 6.13. The molecule has 0 N–H and O–H groups in total.